The summed E-state index contributed by atoms with van der Waals surface area (Å²) in [6.07, 6.45) is -0.0258. The summed E-state index contributed by atoms with van der Waals surface area (Å²) in [5.41, 5.74) is 0. The average Bonchev–Trinajstić information content (AvgIpc) is 2.15. The molecular weight excluding hydrogens is 204 g/mol. The fourth-order valence-corrected chi connectivity index (χ4v) is 0.821. The minimum atomic E-state index is -0.935. The highest BCUT2D eigenvalue weighted by Crippen LogP contribution is 2.00. The molecule has 6 heteroatoms. The third-order valence-electron chi connectivity index (χ3n) is 1.46. The fraction of sp³-hybridized carbons (Fsp3) is 0.556. The van der Waals surface area contributed by atoms with E-state index in [2.05, 4.69) is 9.47 Å². The molecule has 15 heavy (non-hydrogen) atoms. The molecule has 0 aromatic carbocycles. The van der Waals surface area contributed by atoms with Crippen LogP contribution < -0.4 is 0 Å². The first kappa shape index (κ1) is 13.3. The van der Waals surface area contributed by atoms with Crippen molar-refractivity contribution in [3.05, 3.63) is 0 Å². The minimum Gasteiger partial charge on any atom is -0.463 e. The highest BCUT2D eigenvalue weighted by atomic mass is 16.6. The Balaban J connectivity index is 3.71. The van der Waals surface area contributed by atoms with Crippen LogP contribution in [0.1, 0.15) is 26.2 Å². The van der Waals surface area contributed by atoms with Gasteiger partial charge < -0.3 is 9.47 Å². The molecule has 0 spiro atoms. The molecule has 0 aromatic rings. The molecule has 0 amide bonds. The molecule has 0 saturated carbocycles. The van der Waals surface area contributed by atoms with Crippen LogP contribution in [0.2, 0.25) is 0 Å². The molecule has 0 atom stereocenters. The topological polar surface area (TPSA) is 86.7 Å². The van der Waals surface area contributed by atoms with Gasteiger partial charge >= 0.3 is 17.9 Å². The zero-order chi connectivity index (χ0) is 11.8. The highest BCUT2D eigenvalue weighted by molar-refractivity contribution is 6.33. The number of hydrogen-bond donors (Lipinski definition) is 0. The second-order valence-corrected chi connectivity index (χ2v) is 2.73. The Hall–Kier alpha value is -1.72. The molecule has 0 aliphatic rings. The third kappa shape index (κ3) is 6.36. The molecule has 0 unspecified atom stereocenters. The van der Waals surface area contributed by atoms with Crippen LogP contribution in [-0.4, -0.2) is 30.8 Å². The van der Waals surface area contributed by atoms with E-state index in [1.165, 1.54) is 0 Å². The first-order chi connectivity index (χ1) is 6.97. The van der Waals surface area contributed by atoms with Crippen molar-refractivity contribution in [2.24, 2.45) is 0 Å². The smallest absolute Gasteiger partial charge is 0.374 e. The maximum atomic E-state index is 10.9. The van der Waals surface area contributed by atoms with Gasteiger partial charge in [-0.05, 0) is 6.42 Å². The average molecular weight is 216 g/mol. The summed E-state index contributed by atoms with van der Waals surface area (Å²) >= 11 is 0. The number of methoxy groups -OCH3 is 1. The van der Waals surface area contributed by atoms with Crippen molar-refractivity contribution in [3.8, 4) is 0 Å². The van der Waals surface area contributed by atoms with Crippen molar-refractivity contribution in [2.75, 3.05) is 7.11 Å². The largest absolute Gasteiger partial charge is 0.463 e. The zero-order valence-electron chi connectivity index (χ0n) is 8.57. The second kappa shape index (κ2) is 6.69. The van der Waals surface area contributed by atoms with Crippen molar-refractivity contribution in [1.29, 1.82) is 0 Å². The predicted molar refractivity (Wildman–Crippen MR) is 47.6 cm³/mol. The number of rotatable bonds is 5. The normalized spacial score (nSPS) is 9.20. The molecule has 6 nitrogen and oxygen atoms in total. The van der Waals surface area contributed by atoms with Gasteiger partial charge in [-0.15, -0.1) is 0 Å². The molecule has 0 radical (unpaired) electrons. The van der Waals surface area contributed by atoms with Gasteiger partial charge in [-0.1, -0.05) is 0 Å². The molecule has 0 aliphatic heterocycles. The maximum absolute atomic E-state index is 10.9. The molecule has 0 saturated heterocycles. The standard InChI is InChI=1S/C9H12O6/c1-6(10)15-8(12)5-3-4-7(11)9(13)14-2/h3-5H2,1-2H3. The maximum Gasteiger partial charge on any atom is 0.374 e. The lowest BCUT2D eigenvalue weighted by molar-refractivity contribution is -0.158. The highest BCUT2D eigenvalue weighted by Gasteiger charge is 2.14. The van der Waals surface area contributed by atoms with E-state index in [1.807, 2.05) is 0 Å². The summed E-state index contributed by atoms with van der Waals surface area (Å²) in [7, 11) is 1.10. The van der Waals surface area contributed by atoms with Gasteiger partial charge in [-0.25, -0.2) is 4.79 Å². The van der Waals surface area contributed by atoms with Gasteiger partial charge in [0.15, 0.2) is 0 Å². The van der Waals surface area contributed by atoms with E-state index in [1.54, 1.807) is 0 Å². The van der Waals surface area contributed by atoms with E-state index in [9.17, 15) is 19.2 Å². The van der Waals surface area contributed by atoms with Crippen molar-refractivity contribution >= 4 is 23.7 Å². The Bertz CT molecular complexity index is 280. The van der Waals surface area contributed by atoms with Crippen LogP contribution in [0.15, 0.2) is 0 Å². The summed E-state index contributed by atoms with van der Waals surface area (Å²) in [5, 5.41) is 0. The molecule has 0 heterocycles. The first-order valence-corrected chi connectivity index (χ1v) is 4.29. The summed E-state index contributed by atoms with van der Waals surface area (Å²) < 4.78 is 8.39. The van der Waals surface area contributed by atoms with Gasteiger partial charge in [0.25, 0.3) is 0 Å². The number of ketones is 1. The molecule has 84 valence electrons. The van der Waals surface area contributed by atoms with Gasteiger partial charge in [0.1, 0.15) is 0 Å². The quantitative estimate of drug-likeness (QED) is 0.365. The summed E-state index contributed by atoms with van der Waals surface area (Å²) in [4.78, 5) is 42.6. The number of carbonyl (C=O) groups is 4. The number of Topliss-reactive ketones (excluding diaryl/α,β-unsaturated/α-hetero) is 1. The van der Waals surface area contributed by atoms with Gasteiger partial charge in [-0.3, -0.25) is 14.4 Å². The van der Waals surface area contributed by atoms with Crippen molar-refractivity contribution in [3.63, 3.8) is 0 Å². The van der Waals surface area contributed by atoms with E-state index < -0.39 is 23.7 Å². The zero-order valence-corrected chi connectivity index (χ0v) is 8.57. The Labute approximate surface area is 86.5 Å². The number of esters is 3. The molecular formula is C9H12O6. The Morgan fingerprint density at radius 1 is 1.07 bits per heavy atom. The second-order valence-electron chi connectivity index (χ2n) is 2.73. The van der Waals surface area contributed by atoms with Crippen LogP contribution in [0.5, 0.6) is 0 Å². The van der Waals surface area contributed by atoms with Gasteiger partial charge in [0.2, 0.25) is 5.78 Å². The van der Waals surface area contributed by atoms with Crippen molar-refractivity contribution < 1.29 is 28.7 Å². The van der Waals surface area contributed by atoms with Gasteiger partial charge in [0.05, 0.1) is 7.11 Å². The van der Waals surface area contributed by atoms with E-state index in [-0.39, 0.29) is 19.3 Å². The molecule has 0 N–H and O–H groups in total. The molecule has 0 aliphatic carbocycles. The lowest BCUT2D eigenvalue weighted by Crippen LogP contribution is -2.16. The van der Waals surface area contributed by atoms with Crippen LogP contribution in [0.4, 0.5) is 0 Å². The monoisotopic (exact) mass is 216 g/mol. The van der Waals surface area contributed by atoms with E-state index >= 15 is 0 Å². The SMILES string of the molecule is COC(=O)C(=O)CCCC(=O)OC(C)=O. The lowest BCUT2D eigenvalue weighted by atomic mass is 10.2. The summed E-state index contributed by atoms with van der Waals surface area (Å²) in [6, 6.07) is 0. The van der Waals surface area contributed by atoms with Crippen molar-refractivity contribution in [2.45, 2.75) is 26.2 Å². The van der Waals surface area contributed by atoms with E-state index in [0.29, 0.717) is 0 Å². The predicted octanol–water partition coefficient (Wildman–Crippen LogP) is -0.0115. The first-order valence-electron chi connectivity index (χ1n) is 4.29. The summed E-state index contributed by atoms with van der Waals surface area (Å²) in [5.74, 6) is -3.04. The fourth-order valence-electron chi connectivity index (χ4n) is 0.821. The number of ether oxygens (including phenoxy) is 2. The van der Waals surface area contributed by atoms with Gasteiger partial charge in [0, 0.05) is 19.8 Å². The molecule has 0 aromatic heterocycles. The van der Waals surface area contributed by atoms with Gasteiger partial charge in [-0.2, -0.15) is 0 Å². The van der Waals surface area contributed by atoms with E-state index in [0.717, 1.165) is 14.0 Å². The number of carbonyl (C=O) groups excluding carboxylic acids is 4. The number of hydrogen-bond acceptors (Lipinski definition) is 6. The van der Waals surface area contributed by atoms with Crippen LogP contribution in [0.25, 0.3) is 0 Å². The third-order valence-corrected chi connectivity index (χ3v) is 1.46. The molecule has 0 bridgehead atoms. The Morgan fingerprint density at radius 3 is 2.13 bits per heavy atom. The minimum absolute atomic E-state index is 0.0810. The molecule has 0 fully saturated rings. The van der Waals surface area contributed by atoms with Crippen molar-refractivity contribution in [1.82, 2.24) is 0 Å². The summed E-state index contributed by atoms with van der Waals surface area (Å²) in [6.45, 7) is 1.11. The van der Waals surface area contributed by atoms with Crippen LogP contribution in [-0.2, 0) is 28.7 Å². The Morgan fingerprint density at radius 2 is 1.67 bits per heavy atom. The van der Waals surface area contributed by atoms with Crippen LogP contribution in [0, 0.1) is 0 Å². The lowest BCUT2D eigenvalue weighted by Gasteiger charge is -1.99. The molecule has 0 rings (SSSR count). The van der Waals surface area contributed by atoms with E-state index in [4.69, 9.17) is 0 Å². The van der Waals surface area contributed by atoms with Crippen LogP contribution >= 0.6 is 0 Å². The Kier molecular flexibility index (Phi) is 5.92. The van der Waals surface area contributed by atoms with Crippen LogP contribution in [0.3, 0.4) is 0 Å².